The average molecular weight is 182 g/mol. The fourth-order valence-electron chi connectivity index (χ4n) is 0.796. The molecule has 0 saturated carbocycles. The number of benzene rings is 1. The maximum absolute atomic E-state index is 8.52. The van der Waals surface area contributed by atoms with Crippen LogP contribution in [0.1, 0.15) is 11.1 Å². The molecule has 0 aliphatic rings. The summed E-state index contributed by atoms with van der Waals surface area (Å²) in [5.74, 6) is 0. The van der Waals surface area contributed by atoms with Crippen LogP contribution >= 0.6 is 0 Å². The normalized spacial score (nSPS) is 8.90. The molecule has 2 heteroatoms. The second-order valence-corrected chi connectivity index (χ2v) is 3.11. The molecule has 0 heterocycles. The number of hydrogen-bond acceptors (Lipinski definition) is 1. The van der Waals surface area contributed by atoms with Gasteiger partial charge in [-0.3, -0.25) is 0 Å². The van der Waals surface area contributed by atoms with Gasteiger partial charge in [-0.25, -0.2) is 0 Å². The number of nitriles is 1. The summed E-state index contributed by atoms with van der Waals surface area (Å²) >= 11 is 1.26. The first-order valence-electron chi connectivity index (χ1n) is 3.15. The zero-order valence-electron chi connectivity index (χ0n) is 5.67. The van der Waals surface area contributed by atoms with Crippen LogP contribution in [0.5, 0.6) is 0 Å². The van der Waals surface area contributed by atoms with E-state index >= 15 is 0 Å². The summed E-state index contributed by atoms with van der Waals surface area (Å²) in [6.45, 7) is 0. The standard InChI is InChI=1S/C8H6N.Zn/c1-7-3-2-4-8(5-7)6-9;/h2-5H,1H2;. The van der Waals surface area contributed by atoms with Crippen LogP contribution in [0, 0.1) is 11.3 Å². The zero-order valence-corrected chi connectivity index (χ0v) is 8.64. The molecule has 0 aliphatic heterocycles. The molecule has 0 bridgehead atoms. The molecule has 0 saturated heterocycles. The van der Waals surface area contributed by atoms with Crippen LogP contribution in [0.25, 0.3) is 0 Å². The fourth-order valence-corrected chi connectivity index (χ4v) is 1.45. The van der Waals surface area contributed by atoms with Crippen molar-refractivity contribution in [2.24, 2.45) is 0 Å². The second-order valence-electron chi connectivity index (χ2n) is 2.06. The van der Waals surface area contributed by atoms with Gasteiger partial charge in [-0.1, -0.05) is 0 Å². The van der Waals surface area contributed by atoms with Crippen molar-refractivity contribution < 1.29 is 18.3 Å². The zero-order chi connectivity index (χ0) is 7.40. The maximum atomic E-state index is 8.52. The van der Waals surface area contributed by atoms with Gasteiger partial charge in [-0.15, -0.1) is 0 Å². The molecule has 1 rings (SSSR count). The molecule has 45 valence electrons. The van der Waals surface area contributed by atoms with E-state index in [0.717, 1.165) is 10.6 Å². The Balaban J connectivity index is 3.01. The number of nitrogens with zero attached hydrogens (tertiary/aromatic N) is 1. The molecule has 1 aromatic carbocycles. The van der Waals surface area contributed by atoms with Crippen molar-refractivity contribution in [3.8, 4) is 6.07 Å². The van der Waals surface area contributed by atoms with Crippen LogP contribution in [0.15, 0.2) is 24.3 Å². The Hall–Kier alpha value is -0.667. The summed E-state index contributed by atoms with van der Waals surface area (Å²) in [6.07, 6.45) is 0. The summed E-state index contributed by atoms with van der Waals surface area (Å²) in [6, 6.07) is 9.89. The first kappa shape index (κ1) is 7.44. The van der Waals surface area contributed by atoms with E-state index in [1.807, 2.05) is 18.2 Å². The van der Waals surface area contributed by atoms with Gasteiger partial charge in [0.2, 0.25) is 0 Å². The van der Waals surface area contributed by atoms with Crippen LogP contribution in [0.3, 0.4) is 0 Å². The van der Waals surface area contributed by atoms with E-state index in [9.17, 15) is 0 Å². The van der Waals surface area contributed by atoms with Gasteiger partial charge in [0.25, 0.3) is 0 Å². The molecular formula is C8H6NZn. The third kappa shape index (κ3) is 1.65. The van der Waals surface area contributed by atoms with E-state index in [2.05, 4.69) is 12.1 Å². The summed E-state index contributed by atoms with van der Waals surface area (Å²) < 4.78 is 0. The molecule has 0 amide bonds. The fraction of sp³-hybridized carbons (Fsp3) is 0.125. The Morgan fingerprint density at radius 2 is 2.30 bits per heavy atom. The average Bonchev–Trinajstić information content (AvgIpc) is 2.05. The van der Waals surface area contributed by atoms with Crippen LogP contribution in [0.4, 0.5) is 0 Å². The van der Waals surface area contributed by atoms with E-state index < -0.39 is 0 Å². The van der Waals surface area contributed by atoms with E-state index in [0.29, 0.717) is 0 Å². The SMILES string of the molecule is N#Cc1cccc([CH2][Zn])c1. The third-order valence-corrected chi connectivity index (χ3v) is 2.56. The van der Waals surface area contributed by atoms with Gasteiger partial charge in [0, 0.05) is 0 Å². The van der Waals surface area contributed by atoms with Gasteiger partial charge < -0.3 is 0 Å². The van der Waals surface area contributed by atoms with E-state index in [1.165, 1.54) is 23.9 Å². The first-order valence-corrected chi connectivity index (χ1v) is 5.25. The van der Waals surface area contributed by atoms with E-state index in [4.69, 9.17) is 5.26 Å². The van der Waals surface area contributed by atoms with Crippen LogP contribution in [0.2, 0.25) is 0 Å². The molecule has 0 aromatic heterocycles. The predicted molar refractivity (Wildman–Crippen MR) is 34.9 cm³/mol. The Kier molecular flexibility index (Phi) is 2.60. The van der Waals surface area contributed by atoms with Crippen LogP contribution in [-0.4, -0.2) is 0 Å². The van der Waals surface area contributed by atoms with Gasteiger partial charge in [0.1, 0.15) is 0 Å². The third-order valence-electron chi connectivity index (χ3n) is 1.34. The Labute approximate surface area is 70.4 Å². The molecule has 1 aromatic rings. The molecular weight excluding hydrogens is 175 g/mol. The van der Waals surface area contributed by atoms with Gasteiger partial charge in [0.15, 0.2) is 0 Å². The summed E-state index contributed by atoms with van der Waals surface area (Å²) in [5.41, 5.74) is 2.05. The van der Waals surface area contributed by atoms with Gasteiger partial charge in [-0.2, -0.15) is 0 Å². The molecule has 0 fully saturated rings. The van der Waals surface area contributed by atoms with Gasteiger partial charge in [0.05, 0.1) is 0 Å². The van der Waals surface area contributed by atoms with Crippen LogP contribution in [-0.2, 0) is 23.3 Å². The minimum absolute atomic E-state index is 0.769. The molecule has 0 atom stereocenters. The molecule has 10 heavy (non-hydrogen) atoms. The molecule has 1 nitrogen and oxygen atoms in total. The Morgan fingerprint density at radius 3 is 2.90 bits per heavy atom. The van der Waals surface area contributed by atoms with E-state index in [1.54, 1.807) is 0 Å². The van der Waals surface area contributed by atoms with Gasteiger partial charge >= 0.3 is 70.0 Å². The van der Waals surface area contributed by atoms with Crippen molar-refractivity contribution in [3.63, 3.8) is 0 Å². The van der Waals surface area contributed by atoms with Crippen molar-refractivity contribution in [2.75, 3.05) is 0 Å². The quantitative estimate of drug-likeness (QED) is 0.604. The van der Waals surface area contributed by atoms with Crippen molar-refractivity contribution >= 4 is 0 Å². The van der Waals surface area contributed by atoms with Crippen molar-refractivity contribution in [1.82, 2.24) is 0 Å². The van der Waals surface area contributed by atoms with Crippen molar-refractivity contribution in [1.29, 1.82) is 5.26 Å². The molecule has 0 spiro atoms. The van der Waals surface area contributed by atoms with Gasteiger partial charge in [-0.05, 0) is 0 Å². The summed E-state index contributed by atoms with van der Waals surface area (Å²) in [5, 5.41) is 9.64. The number of rotatable bonds is 1. The topological polar surface area (TPSA) is 23.8 Å². The summed E-state index contributed by atoms with van der Waals surface area (Å²) in [4.78, 5) is 0. The molecule has 0 unspecified atom stereocenters. The van der Waals surface area contributed by atoms with Crippen molar-refractivity contribution in [2.45, 2.75) is 5.02 Å². The predicted octanol–water partition coefficient (Wildman–Crippen LogP) is 1.61. The van der Waals surface area contributed by atoms with E-state index in [-0.39, 0.29) is 0 Å². The minimum atomic E-state index is 0.769. The summed E-state index contributed by atoms with van der Waals surface area (Å²) in [7, 11) is 0. The monoisotopic (exact) mass is 180 g/mol. The second kappa shape index (κ2) is 3.49. The van der Waals surface area contributed by atoms with Crippen LogP contribution < -0.4 is 0 Å². The molecule has 0 radical (unpaired) electrons. The Morgan fingerprint density at radius 1 is 1.50 bits per heavy atom. The Bertz CT molecular complexity index is 262. The molecule has 0 N–H and O–H groups in total. The molecule has 0 aliphatic carbocycles. The number of hydrogen-bond donors (Lipinski definition) is 0. The van der Waals surface area contributed by atoms with Crippen molar-refractivity contribution in [3.05, 3.63) is 35.4 Å². The first-order chi connectivity index (χ1) is 4.86.